The van der Waals surface area contributed by atoms with Gasteiger partial charge in [-0.1, -0.05) is 0 Å². The predicted molar refractivity (Wildman–Crippen MR) is 61.0 cm³/mol. The third kappa shape index (κ3) is 3.04. The summed E-state index contributed by atoms with van der Waals surface area (Å²) >= 11 is 0. The van der Waals surface area contributed by atoms with Gasteiger partial charge < -0.3 is 15.8 Å². The zero-order chi connectivity index (χ0) is 10.7. The summed E-state index contributed by atoms with van der Waals surface area (Å²) in [6.45, 7) is 3.80. The van der Waals surface area contributed by atoms with Crippen molar-refractivity contribution in [3.63, 3.8) is 0 Å². The highest BCUT2D eigenvalue weighted by molar-refractivity contribution is 5.80. The van der Waals surface area contributed by atoms with Crippen molar-refractivity contribution in [3.05, 3.63) is 11.8 Å². The average Bonchev–Trinajstić information content (AvgIpc) is 3.03. The molecule has 2 fully saturated rings. The van der Waals surface area contributed by atoms with Crippen molar-refractivity contribution >= 4 is 6.21 Å². The molecule has 0 aromatic carbocycles. The van der Waals surface area contributed by atoms with Crippen molar-refractivity contribution in [2.24, 2.45) is 10.7 Å². The molecule has 0 bridgehead atoms. The molecule has 3 N–H and O–H groups in total. The van der Waals surface area contributed by atoms with E-state index in [2.05, 4.69) is 17.2 Å². The van der Waals surface area contributed by atoms with Gasteiger partial charge in [0, 0.05) is 31.1 Å². The fraction of sp³-hybridized carbons (Fsp3) is 0.727. The Hall–Kier alpha value is -0.870. The Morgan fingerprint density at radius 1 is 1.47 bits per heavy atom. The van der Waals surface area contributed by atoms with Crippen LogP contribution >= 0.6 is 0 Å². The third-order valence-corrected chi connectivity index (χ3v) is 2.70. The zero-order valence-corrected chi connectivity index (χ0v) is 9.15. The molecule has 1 aliphatic heterocycles. The number of ether oxygens (including phenoxy) is 1. The van der Waals surface area contributed by atoms with Crippen LogP contribution in [0.1, 0.15) is 19.8 Å². The normalized spacial score (nSPS) is 33.5. The second-order valence-electron chi connectivity index (χ2n) is 4.27. The molecular formula is C11H19N3O. The van der Waals surface area contributed by atoms with Crippen LogP contribution in [0.5, 0.6) is 0 Å². The van der Waals surface area contributed by atoms with Crippen molar-refractivity contribution < 1.29 is 4.74 Å². The van der Waals surface area contributed by atoms with Gasteiger partial charge in [0.2, 0.25) is 0 Å². The molecular weight excluding hydrogens is 190 g/mol. The number of aliphatic imine (C=N–C) groups is 1. The van der Waals surface area contributed by atoms with E-state index in [1.165, 1.54) is 12.8 Å². The van der Waals surface area contributed by atoms with Crippen LogP contribution < -0.4 is 11.1 Å². The van der Waals surface area contributed by atoms with Gasteiger partial charge in [-0.15, -0.1) is 0 Å². The van der Waals surface area contributed by atoms with Gasteiger partial charge in [-0.05, 0) is 19.8 Å². The summed E-state index contributed by atoms with van der Waals surface area (Å²) in [4.78, 5) is 4.43. The van der Waals surface area contributed by atoms with Crippen LogP contribution in [0.15, 0.2) is 16.8 Å². The first-order chi connectivity index (χ1) is 7.29. The Bertz CT molecular complexity index is 271. The lowest BCUT2D eigenvalue weighted by atomic mass is 10.1. The Kier molecular flexibility index (Phi) is 3.38. The number of morpholine rings is 1. The number of nitrogens with one attached hydrogen (secondary N) is 1. The molecule has 4 heteroatoms. The van der Waals surface area contributed by atoms with Crippen LogP contribution in [0, 0.1) is 0 Å². The van der Waals surface area contributed by atoms with Gasteiger partial charge in [-0.3, -0.25) is 4.99 Å². The summed E-state index contributed by atoms with van der Waals surface area (Å²) in [5.41, 5.74) is 6.58. The van der Waals surface area contributed by atoms with E-state index in [9.17, 15) is 0 Å². The van der Waals surface area contributed by atoms with Crippen LogP contribution in [0.25, 0.3) is 0 Å². The fourth-order valence-corrected chi connectivity index (χ4v) is 1.64. The van der Waals surface area contributed by atoms with Crippen LogP contribution in [0.4, 0.5) is 0 Å². The van der Waals surface area contributed by atoms with E-state index in [1.807, 2.05) is 6.21 Å². The molecule has 0 aromatic heterocycles. The Morgan fingerprint density at radius 3 is 2.87 bits per heavy atom. The van der Waals surface area contributed by atoms with Gasteiger partial charge in [0.25, 0.3) is 0 Å². The molecule has 0 spiro atoms. The number of hydrogen-bond donors (Lipinski definition) is 2. The lowest BCUT2D eigenvalue weighted by Crippen LogP contribution is -2.44. The highest BCUT2D eigenvalue weighted by atomic mass is 16.5. The summed E-state index contributed by atoms with van der Waals surface area (Å²) in [5.74, 6) is 0. The smallest absolute Gasteiger partial charge is 0.0982 e. The fourth-order valence-electron chi connectivity index (χ4n) is 1.64. The van der Waals surface area contributed by atoms with Gasteiger partial charge in [-0.25, -0.2) is 0 Å². The topological polar surface area (TPSA) is 59.6 Å². The van der Waals surface area contributed by atoms with Gasteiger partial charge in [0.15, 0.2) is 0 Å². The summed E-state index contributed by atoms with van der Waals surface area (Å²) in [6, 6.07) is 0.536. The minimum absolute atomic E-state index is 0.0567. The number of rotatable bonds is 3. The molecule has 2 rings (SSSR count). The van der Waals surface area contributed by atoms with Gasteiger partial charge in [0.1, 0.15) is 0 Å². The lowest BCUT2D eigenvalue weighted by Gasteiger charge is -2.29. The summed E-state index contributed by atoms with van der Waals surface area (Å²) in [6.07, 6.45) is 6.22. The van der Waals surface area contributed by atoms with Crippen LogP contribution in [-0.2, 0) is 4.74 Å². The minimum Gasteiger partial charge on any atom is -0.404 e. The molecule has 0 radical (unpaired) electrons. The Morgan fingerprint density at radius 2 is 2.27 bits per heavy atom. The molecule has 4 nitrogen and oxygen atoms in total. The lowest BCUT2D eigenvalue weighted by molar-refractivity contribution is -0.00444. The van der Waals surface area contributed by atoms with E-state index in [4.69, 9.17) is 10.5 Å². The first-order valence-electron chi connectivity index (χ1n) is 5.60. The molecule has 0 amide bonds. The molecule has 1 saturated carbocycles. The van der Waals surface area contributed by atoms with E-state index >= 15 is 0 Å². The van der Waals surface area contributed by atoms with E-state index in [1.54, 1.807) is 6.20 Å². The number of nitrogens with zero attached hydrogens (tertiary/aromatic N) is 1. The minimum atomic E-state index is 0.0567. The first kappa shape index (κ1) is 10.6. The standard InChI is InChI=1S/C11H19N3O/c1-8-5-13-7-11(15-8)9(4-12)6-14-10-2-3-10/h4,6,8,10-11,13H,2-3,5,7,12H2,1H3/t8-,11-/m1/s1. The van der Waals surface area contributed by atoms with E-state index in [0.29, 0.717) is 6.04 Å². The molecule has 2 aliphatic rings. The maximum Gasteiger partial charge on any atom is 0.0982 e. The van der Waals surface area contributed by atoms with Crippen molar-refractivity contribution in [3.8, 4) is 0 Å². The van der Waals surface area contributed by atoms with E-state index in [-0.39, 0.29) is 12.2 Å². The molecule has 1 aliphatic carbocycles. The number of hydrogen-bond acceptors (Lipinski definition) is 4. The molecule has 84 valence electrons. The van der Waals surface area contributed by atoms with E-state index < -0.39 is 0 Å². The third-order valence-electron chi connectivity index (χ3n) is 2.70. The monoisotopic (exact) mass is 209 g/mol. The van der Waals surface area contributed by atoms with Crippen LogP contribution in [0.2, 0.25) is 0 Å². The zero-order valence-electron chi connectivity index (χ0n) is 9.15. The van der Waals surface area contributed by atoms with Crippen molar-refractivity contribution in [2.45, 2.75) is 38.0 Å². The van der Waals surface area contributed by atoms with Crippen molar-refractivity contribution in [2.75, 3.05) is 13.1 Å². The highest BCUT2D eigenvalue weighted by Crippen LogP contribution is 2.23. The average molecular weight is 209 g/mol. The van der Waals surface area contributed by atoms with E-state index in [0.717, 1.165) is 18.7 Å². The first-order valence-corrected chi connectivity index (χ1v) is 5.60. The maximum absolute atomic E-state index is 5.79. The molecule has 1 heterocycles. The summed E-state index contributed by atoms with van der Waals surface area (Å²) in [5, 5.41) is 3.32. The molecule has 1 saturated heterocycles. The predicted octanol–water partition coefficient (Wildman–Crippen LogP) is 0.439. The summed E-state index contributed by atoms with van der Waals surface area (Å²) < 4.78 is 5.79. The van der Waals surface area contributed by atoms with Crippen LogP contribution in [0.3, 0.4) is 0 Å². The van der Waals surface area contributed by atoms with Crippen molar-refractivity contribution in [1.29, 1.82) is 0 Å². The largest absolute Gasteiger partial charge is 0.404 e. The second kappa shape index (κ2) is 4.77. The molecule has 0 aromatic rings. The Labute approximate surface area is 90.6 Å². The summed E-state index contributed by atoms with van der Waals surface area (Å²) in [7, 11) is 0. The SMILES string of the molecule is C[C@@H]1CNC[C@H](C(C=NC2CC2)=CN)O1. The molecule has 2 atom stereocenters. The Balaban J connectivity index is 1.92. The van der Waals surface area contributed by atoms with Crippen LogP contribution in [-0.4, -0.2) is 37.6 Å². The highest BCUT2D eigenvalue weighted by Gasteiger charge is 2.23. The maximum atomic E-state index is 5.79. The number of nitrogens with two attached hydrogens (primary N) is 1. The van der Waals surface area contributed by atoms with Crippen molar-refractivity contribution in [1.82, 2.24) is 5.32 Å². The molecule has 15 heavy (non-hydrogen) atoms. The van der Waals surface area contributed by atoms with Gasteiger partial charge in [-0.2, -0.15) is 0 Å². The second-order valence-corrected chi connectivity index (χ2v) is 4.27. The van der Waals surface area contributed by atoms with Gasteiger partial charge in [0.05, 0.1) is 18.2 Å². The molecule has 0 unspecified atom stereocenters. The quantitative estimate of drug-likeness (QED) is 0.663. The van der Waals surface area contributed by atoms with Gasteiger partial charge >= 0.3 is 0 Å².